The van der Waals surface area contributed by atoms with Gasteiger partial charge in [0, 0.05) is 24.1 Å². The molecule has 0 unspecified atom stereocenters. The minimum absolute atomic E-state index is 0. The molecule has 0 bridgehead atoms. The van der Waals surface area contributed by atoms with Gasteiger partial charge in [0.05, 0.1) is 48.3 Å². The summed E-state index contributed by atoms with van der Waals surface area (Å²) in [6.45, 7) is 11.8. The molecule has 1 heterocycles. The van der Waals surface area contributed by atoms with E-state index in [9.17, 15) is 0 Å². The Morgan fingerprint density at radius 2 is 0.534 bits per heavy atom. The maximum Gasteiger partial charge on any atom is 0.168 e. The second kappa shape index (κ2) is 62.0. The first-order chi connectivity index (χ1) is 34.1. The molecule has 0 radical (unpaired) electrons. The molecule has 0 spiro atoms. The van der Waals surface area contributed by atoms with Gasteiger partial charge in [0.2, 0.25) is 0 Å². The van der Waals surface area contributed by atoms with Crippen LogP contribution in [-0.2, 0) is 13.1 Å². The van der Waals surface area contributed by atoms with Crippen LogP contribution in [0.5, 0.6) is 0 Å². The van der Waals surface area contributed by atoms with Crippen molar-refractivity contribution in [3.8, 4) is 0 Å². The molecular weight excluding hydrogens is 953 g/mol. The van der Waals surface area contributed by atoms with E-state index in [0.29, 0.717) is 0 Å². The van der Waals surface area contributed by atoms with Gasteiger partial charge in [-0.05, 0) is 32.1 Å². The van der Waals surface area contributed by atoms with E-state index in [1.54, 1.807) is 0 Å². The summed E-state index contributed by atoms with van der Waals surface area (Å²) in [4.78, 5) is 0. The predicted octanol–water partition coefficient (Wildman–Crippen LogP) is 12.2. The molecule has 0 aliphatic rings. The van der Waals surface area contributed by atoms with Crippen LogP contribution in [0.15, 0.2) is 60.9 Å². The summed E-state index contributed by atoms with van der Waals surface area (Å²) in [5.74, 6) is 0. The van der Waals surface area contributed by atoms with Gasteiger partial charge in [-0.15, -0.1) is 0 Å². The zero-order valence-electron chi connectivity index (χ0n) is 50.7. The number of pyridine rings is 1. The second-order valence-electron chi connectivity index (χ2n) is 23.9. The Hall–Kier alpha value is -0.840. The number of aryl methyl sites for hydroxylation is 1. The van der Waals surface area contributed by atoms with Crippen molar-refractivity contribution in [2.24, 2.45) is 0 Å². The molecule has 73 heavy (non-hydrogen) atoms. The number of quaternary nitrogens is 2. The number of aromatic nitrogens is 1. The Bertz CT molecular complexity index is 1250. The molecule has 434 valence electrons. The van der Waals surface area contributed by atoms with Gasteiger partial charge in [-0.2, -0.15) is 0 Å². The van der Waals surface area contributed by atoms with E-state index < -0.39 is 0 Å². The first kappa shape index (κ1) is 78.7. The van der Waals surface area contributed by atoms with Crippen molar-refractivity contribution in [3.63, 3.8) is 0 Å². The Morgan fingerprint density at radius 1 is 0.288 bits per heavy atom. The number of hydrogen-bond donors (Lipinski definition) is 0. The predicted molar refractivity (Wildman–Crippen MR) is 317 cm³/mol. The highest BCUT2D eigenvalue weighted by atomic mass is 35.5. The molecule has 0 N–H and O–H groups in total. The van der Waals surface area contributed by atoms with Crippen molar-refractivity contribution < 1.29 is 50.8 Å². The van der Waals surface area contributed by atoms with E-state index in [4.69, 9.17) is 0 Å². The lowest BCUT2D eigenvalue weighted by Gasteiger charge is -2.30. The quantitative estimate of drug-likeness (QED) is 0.0353. The molecule has 1 aromatic carbocycles. The van der Waals surface area contributed by atoms with Crippen molar-refractivity contribution in [2.75, 3.05) is 48.3 Å². The number of hydrogen-bond acceptors (Lipinski definition) is 0. The molecule has 2 aromatic rings. The fourth-order valence-electron chi connectivity index (χ4n) is 10.1. The molecule has 6 heteroatoms. The van der Waals surface area contributed by atoms with Gasteiger partial charge in [-0.25, -0.2) is 4.57 Å². The van der Waals surface area contributed by atoms with Crippen LogP contribution in [0.1, 0.15) is 309 Å². The van der Waals surface area contributed by atoms with Gasteiger partial charge < -0.3 is 46.2 Å². The minimum atomic E-state index is 0. The largest absolute Gasteiger partial charge is 1.00 e. The van der Waals surface area contributed by atoms with Gasteiger partial charge in [0.1, 0.15) is 13.1 Å². The normalized spacial score (nSPS) is 11.1. The lowest BCUT2D eigenvalue weighted by molar-refractivity contribution is -0.903. The van der Waals surface area contributed by atoms with Crippen LogP contribution in [0.25, 0.3) is 0 Å². The van der Waals surface area contributed by atoms with Crippen molar-refractivity contribution in [1.29, 1.82) is 0 Å². The van der Waals surface area contributed by atoms with Crippen LogP contribution in [-0.4, -0.2) is 57.3 Å². The maximum absolute atomic E-state index is 2.37. The minimum Gasteiger partial charge on any atom is -1.00 e. The lowest BCUT2D eigenvalue weighted by Crippen LogP contribution is -3.00. The third-order valence-corrected chi connectivity index (χ3v) is 14.8. The number of unbranched alkanes of at least 4 members (excludes halogenated alkanes) is 41. The molecule has 2 rings (SSSR count). The summed E-state index contributed by atoms with van der Waals surface area (Å²) in [7, 11) is 11.6. The molecule has 0 amide bonds. The molecule has 0 saturated carbocycles. The van der Waals surface area contributed by atoms with Crippen LogP contribution >= 0.6 is 0 Å². The average Bonchev–Trinajstić information content (AvgIpc) is 3.34. The second-order valence-corrected chi connectivity index (χ2v) is 23.9. The maximum atomic E-state index is 2.37. The van der Waals surface area contributed by atoms with Gasteiger partial charge >= 0.3 is 0 Å². The Morgan fingerprint density at radius 3 is 0.822 bits per heavy atom. The van der Waals surface area contributed by atoms with Gasteiger partial charge in [0.25, 0.3) is 0 Å². The van der Waals surface area contributed by atoms with E-state index in [1.807, 2.05) is 0 Å². The molecular formula is C67H130Cl3N3. The third kappa shape index (κ3) is 65.4. The third-order valence-electron chi connectivity index (χ3n) is 14.8. The fourth-order valence-corrected chi connectivity index (χ4v) is 10.1. The summed E-state index contributed by atoms with van der Waals surface area (Å²) in [5.41, 5.74) is 1.46. The van der Waals surface area contributed by atoms with Crippen LogP contribution in [0, 0.1) is 0 Å². The molecule has 0 saturated heterocycles. The highest BCUT2D eigenvalue weighted by Crippen LogP contribution is 2.17. The van der Waals surface area contributed by atoms with E-state index in [1.165, 1.54) is 308 Å². The number of nitrogens with zero attached hydrogens (tertiary/aromatic N) is 3. The number of benzene rings is 1. The SMILES string of the molecule is CCCCCCCCCCCCCCCCCC[N+](C)(C)Cc1ccccc1.CCCCCCCCCCCCCCCC[N+](C)(C)C.CCCCCCCCCCCCCCCC[n+]1ccccc1.[Cl-].[Cl-].[Cl-]. The van der Waals surface area contributed by atoms with Crippen molar-refractivity contribution in [1.82, 2.24) is 0 Å². The summed E-state index contributed by atoms with van der Waals surface area (Å²) in [6.07, 6.45) is 67.9. The highest BCUT2D eigenvalue weighted by molar-refractivity contribution is 5.13. The first-order valence-corrected chi connectivity index (χ1v) is 31.7. The topological polar surface area (TPSA) is 3.88 Å². The molecule has 0 aliphatic heterocycles. The first-order valence-electron chi connectivity index (χ1n) is 31.7. The lowest BCUT2D eigenvalue weighted by atomic mass is 10.0. The summed E-state index contributed by atoms with van der Waals surface area (Å²) >= 11 is 0. The highest BCUT2D eigenvalue weighted by Gasteiger charge is 2.15. The van der Waals surface area contributed by atoms with Crippen molar-refractivity contribution >= 4 is 0 Å². The number of halogens is 3. The van der Waals surface area contributed by atoms with Crippen LogP contribution in [0.2, 0.25) is 0 Å². The van der Waals surface area contributed by atoms with E-state index in [0.717, 1.165) is 15.5 Å². The van der Waals surface area contributed by atoms with E-state index in [-0.39, 0.29) is 37.2 Å². The summed E-state index contributed by atoms with van der Waals surface area (Å²) < 4.78 is 4.53. The molecule has 0 fully saturated rings. The van der Waals surface area contributed by atoms with E-state index >= 15 is 0 Å². The zero-order chi connectivity index (χ0) is 51.2. The van der Waals surface area contributed by atoms with Crippen molar-refractivity contribution in [2.45, 2.75) is 316 Å². The van der Waals surface area contributed by atoms with Gasteiger partial charge in [-0.3, -0.25) is 0 Å². The van der Waals surface area contributed by atoms with E-state index in [2.05, 4.69) is 122 Å². The standard InChI is InChI=1S/C27H50N.C21H38N.C19H42N.3ClH/c1-4-5-6-7-8-9-10-11-12-13-14-15-16-17-18-22-25-28(2,3)26-27-23-20-19-21-24-27;1-2-3-4-5-6-7-8-9-10-11-12-13-14-16-19-22-20-17-15-18-21-22;1-5-6-7-8-9-10-11-12-13-14-15-16-17-18-19-20(2,3)4;;;/h19-21,23-24H,4-18,22,25-26H2,1-3H3;15,17-18,20-21H,2-14,16,19H2,1H3;5-19H2,1-4H3;3*1H/q3*+1;;;/p-3. The Balaban J connectivity index is -0.000000487. The van der Waals surface area contributed by atoms with Crippen LogP contribution < -0.4 is 41.8 Å². The summed E-state index contributed by atoms with van der Waals surface area (Å²) in [6, 6.07) is 17.3. The Kier molecular flexibility index (Phi) is 66.8. The molecule has 0 atom stereocenters. The fraction of sp³-hybridized carbons (Fsp3) is 0.836. The number of rotatable bonds is 49. The van der Waals surface area contributed by atoms with Crippen LogP contribution in [0.3, 0.4) is 0 Å². The monoisotopic (exact) mass is 1080 g/mol. The smallest absolute Gasteiger partial charge is 0.168 e. The van der Waals surface area contributed by atoms with Gasteiger partial charge in [-0.1, -0.05) is 301 Å². The molecule has 1 aromatic heterocycles. The average molecular weight is 1080 g/mol. The van der Waals surface area contributed by atoms with Crippen molar-refractivity contribution in [3.05, 3.63) is 66.5 Å². The summed E-state index contributed by atoms with van der Waals surface area (Å²) in [5, 5.41) is 0. The molecule has 3 nitrogen and oxygen atoms in total. The van der Waals surface area contributed by atoms with Gasteiger partial charge in [0.15, 0.2) is 12.4 Å². The molecule has 0 aliphatic carbocycles. The Labute approximate surface area is 479 Å². The zero-order valence-corrected chi connectivity index (χ0v) is 53.0. The van der Waals surface area contributed by atoms with Crippen LogP contribution in [0.4, 0.5) is 0 Å².